The van der Waals surface area contributed by atoms with Crippen molar-refractivity contribution >= 4 is 0 Å². The Morgan fingerprint density at radius 1 is 1.38 bits per heavy atom. The van der Waals surface area contributed by atoms with Crippen molar-refractivity contribution in [2.24, 2.45) is 17.8 Å². The molecule has 0 aliphatic heterocycles. The van der Waals surface area contributed by atoms with Gasteiger partial charge < -0.3 is 10.1 Å². The van der Waals surface area contributed by atoms with E-state index in [4.69, 9.17) is 4.74 Å². The van der Waals surface area contributed by atoms with Gasteiger partial charge in [0.2, 0.25) is 5.88 Å². The summed E-state index contributed by atoms with van der Waals surface area (Å²) in [7, 11) is 0. The van der Waals surface area contributed by atoms with Crippen molar-refractivity contribution in [2.45, 2.75) is 59.6 Å². The van der Waals surface area contributed by atoms with Gasteiger partial charge in [-0.3, -0.25) is 0 Å². The molecular weight excluding hydrogens is 260 g/mol. The van der Waals surface area contributed by atoms with Crippen molar-refractivity contribution in [3.05, 3.63) is 23.9 Å². The second-order valence-corrected chi connectivity index (χ2v) is 6.73. The Hall–Kier alpha value is -1.09. The molecule has 3 atom stereocenters. The lowest BCUT2D eigenvalue weighted by Crippen LogP contribution is -2.36. The van der Waals surface area contributed by atoms with Crippen LogP contribution < -0.4 is 10.1 Å². The minimum Gasteiger partial charge on any atom is -0.474 e. The van der Waals surface area contributed by atoms with E-state index < -0.39 is 0 Å². The fraction of sp³-hybridized carbons (Fsp3) is 0.722. The molecule has 118 valence electrons. The van der Waals surface area contributed by atoms with Crippen LogP contribution in [0, 0.1) is 17.8 Å². The zero-order valence-electron chi connectivity index (χ0n) is 13.9. The van der Waals surface area contributed by atoms with Crippen LogP contribution in [0.5, 0.6) is 5.88 Å². The summed E-state index contributed by atoms with van der Waals surface area (Å²) in [6, 6.07) is 4.10. The molecule has 21 heavy (non-hydrogen) atoms. The van der Waals surface area contributed by atoms with Crippen molar-refractivity contribution in [3.8, 4) is 5.88 Å². The first-order valence-electron chi connectivity index (χ1n) is 8.43. The predicted molar refractivity (Wildman–Crippen MR) is 87.4 cm³/mol. The molecule has 1 N–H and O–H groups in total. The third-order valence-electron chi connectivity index (χ3n) is 4.64. The van der Waals surface area contributed by atoms with Crippen LogP contribution in [-0.2, 0) is 6.54 Å². The van der Waals surface area contributed by atoms with Crippen LogP contribution in [0.2, 0.25) is 0 Å². The number of nitrogens with zero attached hydrogens (tertiary/aromatic N) is 1. The molecule has 1 fully saturated rings. The van der Waals surface area contributed by atoms with E-state index in [-0.39, 0.29) is 0 Å². The van der Waals surface area contributed by atoms with Crippen molar-refractivity contribution < 1.29 is 4.74 Å². The van der Waals surface area contributed by atoms with E-state index in [0.717, 1.165) is 31.3 Å². The molecule has 0 radical (unpaired) electrons. The third-order valence-corrected chi connectivity index (χ3v) is 4.64. The number of hydrogen-bond acceptors (Lipinski definition) is 3. The minimum absolute atomic E-state index is 0.309. The monoisotopic (exact) mass is 290 g/mol. The fourth-order valence-corrected chi connectivity index (χ4v) is 3.32. The normalized spacial score (nSPS) is 26.0. The van der Waals surface area contributed by atoms with E-state index in [0.29, 0.717) is 17.9 Å². The molecule has 3 unspecified atom stereocenters. The van der Waals surface area contributed by atoms with Gasteiger partial charge in [0.05, 0.1) is 0 Å². The SMILES string of the molecule is CCNCc1cccnc1OC1CC(C)CCC1C(C)C. The minimum atomic E-state index is 0.309. The highest BCUT2D eigenvalue weighted by molar-refractivity contribution is 5.25. The van der Waals surface area contributed by atoms with Crippen LogP contribution in [0.4, 0.5) is 0 Å². The highest BCUT2D eigenvalue weighted by Crippen LogP contribution is 2.36. The first kappa shape index (κ1) is 16.3. The van der Waals surface area contributed by atoms with Crippen LogP contribution in [0.15, 0.2) is 18.3 Å². The second kappa shape index (κ2) is 7.79. The molecule has 1 heterocycles. The van der Waals surface area contributed by atoms with Crippen molar-refractivity contribution in [3.63, 3.8) is 0 Å². The Bertz CT molecular complexity index is 433. The van der Waals surface area contributed by atoms with Gasteiger partial charge in [-0.1, -0.05) is 40.2 Å². The van der Waals surface area contributed by atoms with Gasteiger partial charge >= 0.3 is 0 Å². The maximum absolute atomic E-state index is 6.38. The Morgan fingerprint density at radius 3 is 2.90 bits per heavy atom. The first-order valence-corrected chi connectivity index (χ1v) is 8.43. The lowest BCUT2D eigenvalue weighted by Gasteiger charge is -2.37. The highest BCUT2D eigenvalue weighted by atomic mass is 16.5. The molecule has 1 aliphatic rings. The van der Waals surface area contributed by atoms with E-state index in [1.165, 1.54) is 18.4 Å². The Kier molecular flexibility index (Phi) is 6.04. The van der Waals surface area contributed by atoms with Gasteiger partial charge in [-0.05, 0) is 43.2 Å². The summed E-state index contributed by atoms with van der Waals surface area (Å²) in [4.78, 5) is 4.48. The number of aromatic nitrogens is 1. The van der Waals surface area contributed by atoms with Crippen LogP contribution in [0.25, 0.3) is 0 Å². The van der Waals surface area contributed by atoms with Crippen LogP contribution in [0.1, 0.15) is 52.5 Å². The second-order valence-electron chi connectivity index (χ2n) is 6.73. The summed E-state index contributed by atoms with van der Waals surface area (Å²) in [5.41, 5.74) is 1.17. The summed E-state index contributed by atoms with van der Waals surface area (Å²) in [5, 5.41) is 3.36. The van der Waals surface area contributed by atoms with E-state index in [1.54, 1.807) is 0 Å². The summed E-state index contributed by atoms with van der Waals surface area (Å²) >= 11 is 0. The van der Waals surface area contributed by atoms with Gasteiger partial charge in [0.25, 0.3) is 0 Å². The molecule has 0 spiro atoms. The lowest BCUT2D eigenvalue weighted by atomic mass is 9.75. The lowest BCUT2D eigenvalue weighted by molar-refractivity contribution is 0.0418. The molecule has 0 aromatic carbocycles. The number of pyridine rings is 1. The van der Waals surface area contributed by atoms with Crippen LogP contribution in [0.3, 0.4) is 0 Å². The number of nitrogens with one attached hydrogen (secondary N) is 1. The van der Waals surface area contributed by atoms with Gasteiger partial charge in [-0.2, -0.15) is 0 Å². The Labute approximate surface area is 129 Å². The Morgan fingerprint density at radius 2 is 2.19 bits per heavy atom. The predicted octanol–water partition coefficient (Wildman–Crippen LogP) is 4.03. The molecule has 2 rings (SSSR count). The summed E-state index contributed by atoms with van der Waals surface area (Å²) in [6.45, 7) is 10.9. The average Bonchev–Trinajstić information content (AvgIpc) is 2.46. The fourth-order valence-electron chi connectivity index (χ4n) is 3.32. The molecule has 1 aromatic heterocycles. The molecule has 1 saturated carbocycles. The molecular formula is C18H30N2O. The smallest absolute Gasteiger partial charge is 0.218 e. The van der Waals surface area contributed by atoms with E-state index >= 15 is 0 Å². The first-order chi connectivity index (χ1) is 10.1. The average molecular weight is 290 g/mol. The molecule has 1 aliphatic carbocycles. The molecule has 3 heteroatoms. The molecule has 0 bridgehead atoms. The zero-order chi connectivity index (χ0) is 15.2. The third kappa shape index (κ3) is 4.44. The largest absolute Gasteiger partial charge is 0.474 e. The molecule has 1 aromatic rings. The topological polar surface area (TPSA) is 34.2 Å². The molecule has 0 saturated heterocycles. The number of hydrogen-bond donors (Lipinski definition) is 1. The standard InChI is InChI=1S/C18H30N2O/c1-5-19-12-15-7-6-10-20-18(15)21-17-11-14(4)8-9-16(17)13(2)3/h6-7,10,13-14,16-17,19H,5,8-9,11-12H2,1-4H3. The highest BCUT2D eigenvalue weighted by Gasteiger charge is 2.32. The van der Waals surface area contributed by atoms with E-state index in [2.05, 4.69) is 44.1 Å². The maximum Gasteiger partial charge on any atom is 0.218 e. The summed E-state index contributed by atoms with van der Waals surface area (Å²) in [6.07, 6.45) is 5.90. The van der Waals surface area contributed by atoms with Gasteiger partial charge in [0, 0.05) is 18.3 Å². The quantitative estimate of drug-likeness (QED) is 0.859. The summed E-state index contributed by atoms with van der Waals surface area (Å²) in [5.74, 6) is 2.90. The van der Waals surface area contributed by atoms with Gasteiger partial charge in [-0.15, -0.1) is 0 Å². The van der Waals surface area contributed by atoms with Crippen molar-refractivity contribution in [1.82, 2.24) is 10.3 Å². The van der Waals surface area contributed by atoms with Crippen molar-refractivity contribution in [2.75, 3.05) is 6.54 Å². The zero-order valence-corrected chi connectivity index (χ0v) is 13.9. The number of ether oxygens (including phenoxy) is 1. The summed E-state index contributed by atoms with van der Waals surface area (Å²) < 4.78 is 6.38. The van der Waals surface area contributed by atoms with E-state index in [9.17, 15) is 0 Å². The van der Waals surface area contributed by atoms with Gasteiger partial charge in [0.1, 0.15) is 6.10 Å². The maximum atomic E-state index is 6.38. The molecule has 0 amide bonds. The van der Waals surface area contributed by atoms with Crippen molar-refractivity contribution in [1.29, 1.82) is 0 Å². The van der Waals surface area contributed by atoms with Gasteiger partial charge in [-0.25, -0.2) is 4.98 Å². The van der Waals surface area contributed by atoms with Crippen LogP contribution in [-0.4, -0.2) is 17.6 Å². The molecule has 3 nitrogen and oxygen atoms in total. The number of rotatable bonds is 6. The van der Waals surface area contributed by atoms with E-state index in [1.807, 2.05) is 12.3 Å². The van der Waals surface area contributed by atoms with Crippen LogP contribution >= 0.6 is 0 Å². The Balaban J connectivity index is 2.11. The van der Waals surface area contributed by atoms with Gasteiger partial charge in [0.15, 0.2) is 0 Å².